The van der Waals surface area contributed by atoms with Crippen molar-refractivity contribution in [2.45, 2.75) is 33.2 Å². The molecule has 0 bridgehead atoms. The molecule has 106 valence electrons. The minimum absolute atomic E-state index is 0.0800. The van der Waals surface area contributed by atoms with Crippen molar-refractivity contribution in [1.82, 2.24) is 10.4 Å². The number of rotatable bonds is 4. The van der Waals surface area contributed by atoms with Crippen LogP contribution in [0.15, 0.2) is 30.3 Å². The highest BCUT2D eigenvalue weighted by Crippen LogP contribution is 2.22. The van der Waals surface area contributed by atoms with Crippen LogP contribution in [0.5, 0.6) is 0 Å². The number of benzene rings is 1. The van der Waals surface area contributed by atoms with Crippen LogP contribution in [0.1, 0.15) is 34.1 Å². The number of hydrogen-bond donors (Lipinski definition) is 2. The normalized spacial score (nSPS) is 12.4. The van der Waals surface area contributed by atoms with Crippen molar-refractivity contribution in [3.63, 3.8) is 0 Å². The Hall–Kier alpha value is -1.78. The first-order valence-corrected chi connectivity index (χ1v) is 6.66. The Bertz CT molecular complexity index is 611. The van der Waals surface area contributed by atoms with Crippen LogP contribution >= 0.6 is 0 Å². The summed E-state index contributed by atoms with van der Waals surface area (Å²) in [5, 5.41) is 0. The second-order valence-electron chi connectivity index (χ2n) is 5.12. The Labute approximate surface area is 119 Å². The lowest BCUT2D eigenvalue weighted by atomic mass is 9.95. The maximum Gasteiger partial charge on any atom is 0.123 e. The van der Waals surface area contributed by atoms with Crippen molar-refractivity contribution in [1.29, 1.82) is 0 Å². The molecule has 0 saturated heterocycles. The molecule has 3 nitrogen and oxygen atoms in total. The van der Waals surface area contributed by atoms with Gasteiger partial charge in [-0.25, -0.2) is 4.39 Å². The topological polar surface area (TPSA) is 50.9 Å². The molecule has 0 fully saturated rings. The van der Waals surface area contributed by atoms with Crippen LogP contribution in [0.2, 0.25) is 0 Å². The van der Waals surface area contributed by atoms with Crippen LogP contribution in [0.25, 0.3) is 0 Å². The van der Waals surface area contributed by atoms with Gasteiger partial charge in [-0.15, -0.1) is 0 Å². The zero-order valence-electron chi connectivity index (χ0n) is 12.1. The molecule has 1 atom stereocenters. The number of aryl methyl sites for hydroxylation is 3. The molecule has 2 aromatic rings. The lowest BCUT2D eigenvalue weighted by molar-refractivity contribution is 0.542. The lowest BCUT2D eigenvalue weighted by Gasteiger charge is -2.19. The minimum Gasteiger partial charge on any atom is -0.271 e. The summed E-state index contributed by atoms with van der Waals surface area (Å²) in [5.41, 5.74) is 7.79. The Morgan fingerprint density at radius 1 is 1.20 bits per heavy atom. The molecule has 1 unspecified atom stereocenters. The average Bonchev–Trinajstić information content (AvgIpc) is 2.40. The van der Waals surface area contributed by atoms with Gasteiger partial charge in [-0.1, -0.05) is 12.1 Å². The number of nitrogens with two attached hydrogens (primary N) is 1. The number of halogens is 1. The molecular formula is C16H20FN3. The first-order chi connectivity index (χ1) is 9.51. The monoisotopic (exact) mass is 273 g/mol. The molecule has 0 radical (unpaired) electrons. The summed E-state index contributed by atoms with van der Waals surface area (Å²) in [6.45, 7) is 5.89. The standard InChI is InChI=1S/C16H20FN3/c1-10-4-6-14(17)8-13(10)9-16(20-18)15-7-5-11(2)19-12(15)3/h4-8,16,20H,9,18H2,1-3H3. The van der Waals surface area contributed by atoms with E-state index < -0.39 is 0 Å². The van der Waals surface area contributed by atoms with Gasteiger partial charge in [0.2, 0.25) is 0 Å². The maximum absolute atomic E-state index is 13.4. The summed E-state index contributed by atoms with van der Waals surface area (Å²) in [7, 11) is 0. The molecule has 2 rings (SSSR count). The molecule has 1 heterocycles. The van der Waals surface area contributed by atoms with Crippen molar-refractivity contribution < 1.29 is 4.39 Å². The van der Waals surface area contributed by atoms with E-state index >= 15 is 0 Å². The van der Waals surface area contributed by atoms with E-state index in [0.29, 0.717) is 6.42 Å². The van der Waals surface area contributed by atoms with Crippen LogP contribution in [0.3, 0.4) is 0 Å². The van der Waals surface area contributed by atoms with E-state index in [0.717, 1.165) is 28.1 Å². The number of aromatic nitrogens is 1. The molecule has 1 aromatic heterocycles. The third-order valence-electron chi connectivity index (χ3n) is 3.58. The predicted molar refractivity (Wildman–Crippen MR) is 78.6 cm³/mol. The minimum atomic E-state index is -0.222. The van der Waals surface area contributed by atoms with Crippen molar-refractivity contribution in [3.8, 4) is 0 Å². The van der Waals surface area contributed by atoms with Crippen LogP contribution in [0, 0.1) is 26.6 Å². The Balaban J connectivity index is 2.31. The van der Waals surface area contributed by atoms with Gasteiger partial charge in [0.1, 0.15) is 5.82 Å². The van der Waals surface area contributed by atoms with Gasteiger partial charge in [0.05, 0.1) is 6.04 Å². The van der Waals surface area contributed by atoms with E-state index in [4.69, 9.17) is 5.84 Å². The van der Waals surface area contributed by atoms with Gasteiger partial charge >= 0.3 is 0 Å². The molecule has 0 aliphatic heterocycles. The summed E-state index contributed by atoms with van der Waals surface area (Å²) < 4.78 is 13.4. The molecular weight excluding hydrogens is 253 g/mol. The highest BCUT2D eigenvalue weighted by atomic mass is 19.1. The van der Waals surface area contributed by atoms with E-state index in [1.54, 1.807) is 12.1 Å². The maximum atomic E-state index is 13.4. The van der Waals surface area contributed by atoms with Gasteiger partial charge in [0.15, 0.2) is 0 Å². The molecule has 0 spiro atoms. The first kappa shape index (κ1) is 14.6. The molecule has 0 saturated carbocycles. The molecule has 4 heteroatoms. The molecule has 20 heavy (non-hydrogen) atoms. The molecule has 0 amide bonds. The van der Waals surface area contributed by atoms with Gasteiger partial charge in [-0.2, -0.15) is 0 Å². The fourth-order valence-electron chi connectivity index (χ4n) is 2.40. The third-order valence-corrected chi connectivity index (χ3v) is 3.58. The highest BCUT2D eigenvalue weighted by molar-refractivity contribution is 5.31. The third kappa shape index (κ3) is 3.21. The van der Waals surface area contributed by atoms with Crippen molar-refractivity contribution in [2.24, 2.45) is 5.84 Å². The lowest BCUT2D eigenvalue weighted by Crippen LogP contribution is -2.30. The average molecular weight is 273 g/mol. The Kier molecular flexibility index (Phi) is 4.47. The summed E-state index contributed by atoms with van der Waals surface area (Å²) in [6, 6.07) is 8.74. The molecule has 0 aliphatic carbocycles. The Morgan fingerprint density at radius 2 is 1.95 bits per heavy atom. The summed E-state index contributed by atoms with van der Waals surface area (Å²) >= 11 is 0. The van der Waals surface area contributed by atoms with Crippen molar-refractivity contribution in [3.05, 3.63) is 64.2 Å². The second kappa shape index (κ2) is 6.11. The quantitative estimate of drug-likeness (QED) is 0.665. The van der Waals surface area contributed by atoms with Crippen molar-refractivity contribution in [2.75, 3.05) is 0 Å². The summed E-state index contributed by atoms with van der Waals surface area (Å²) in [6.07, 6.45) is 0.631. The van der Waals surface area contributed by atoms with E-state index in [1.807, 2.05) is 32.9 Å². The molecule has 1 aromatic carbocycles. The molecule has 0 aliphatic rings. The van der Waals surface area contributed by atoms with E-state index in [-0.39, 0.29) is 11.9 Å². The second-order valence-corrected chi connectivity index (χ2v) is 5.12. The molecule has 3 N–H and O–H groups in total. The fraction of sp³-hybridized carbons (Fsp3) is 0.312. The summed E-state index contributed by atoms with van der Waals surface area (Å²) in [4.78, 5) is 4.45. The predicted octanol–water partition coefficient (Wildman–Crippen LogP) is 2.89. The van der Waals surface area contributed by atoms with Crippen LogP contribution < -0.4 is 11.3 Å². The zero-order chi connectivity index (χ0) is 14.7. The zero-order valence-corrected chi connectivity index (χ0v) is 12.1. The smallest absolute Gasteiger partial charge is 0.123 e. The number of nitrogens with zero attached hydrogens (tertiary/aromatic N) is 1. The largest absolute Gasteiger partial charge is 0.271 e. The summed E-state index contributed by atoms with van der Waals surface area (Å²) in [5.74, 6) is 5.45. The number of pyridine rings is 1. The number of hydrogen-bond acceptors (Lipinski definition) is 3. The van der Waals surface area contributed by atoms with E-state index in [9.17, 15) is 4.39 Å². The van der Waals surface area contributed by atoms with E-state index in [1.165, 1.54) is 6.07 Å². The van der Waals surface area contributed by atoms with Gasteiger partial charge < -0.3 is 0 Å². The fourth-order valence-corrected chi connectivity index (χ4v) is 2.40. The SMILES string of the molecule is Cc1ccc(C(Cc2cc(F)ccc2C)NN)c(C)n1. The Morgan fingerprint density at radius 3 is 2.60 bits per heavy atom. The first-order valence-electron chi connectivity index (χ1n) is 6.66. The number of nitrogens with one attached hydrogen (secondary N) is 1. The van der Waals surface area contributed by atoms with Crippen LogP contribution in [0.4, 0.5) is 4.39 Å². The van der Waals surface area contributed by atoms with Crippen LogP contribution in [-0.2, 0) is 6.42 Å². The van der Waals surface area contributed by atoms with Gasteiger partial charge in [0.25, 0.3) is 0 Å². The van der Waals surface area contributed by atoms with E-state index in [2.05, 4.69) is 10.4 Å². The van der Waals surface area contributed by atoms with Crippen LogP contribution in [-0.4, -0.2) is 4.98 Å². The van der Waals surface area contributed by atoms with Gasteiger partial charge in [-0.3, -0.25) is 16.3 Å². The highest BCUT2D eigenvalue weighted by Gasteiger charge is 2.15. The van der Waals surface area contributed by atoms with Crippen molar-refractivity contribution >= 4 is 0 Å². The van der Waals surface area contributed by atoms with Gasteiger partial charge in [-0.05, 0) is 62.1 Å². The number of hydrazine groups is 1. The van der Waals surface area contributed by atoms with Gasteiger partial charge in [0, 0.05) is 11.4 Å².